The van der Waals surface area contributed by atoms with Crippen molar-refractivity contribution in [3.8, 4) is 5.75 Å². The van der Waals surface area contributed by atoms with Crippen LogP contribution in [-0.4, -0.2) is 17.3 Å². The molecule has 0 aliphatic carbocycles. The zero-order valence-electron chi connectivity index (χ0n) is 12.1. The van der Waals surface area contributed by atoms with Gasteiger partial charge in [-0.25, -0.2) is 0 Å². The van der Waals surface area contributed by atoms with Crippen LogP contribution in [0.25, 0.3) is 10.8 Å². The largest absolute Gasteiger partial charge is 0.506 e. The third-order valence-corrected chi connectivity index (χ3v) is 3.55. The van der Waals surface area contributed by atoms with Crippen molar-refractivity contribution >= 4 is 34.3 Å². The summed E-state index contributed by atoms with van der Waals surface area (Å²) in [5.41, 5.74) is 7.40. The maximum Gasteiger partial charge on any atom is 0.255 e. The summed E-state index contributed by atoms with van der Waals surface area (Å²) in [7, 11) is 0. The molecule has 0 saturated carbocycles. The predicted octanol–water partition coefficient (Wildman–Crippen LogP) is 3.19. The summed E-state index contributed by atoms with van der Waals surface area (Å²) >= 11 is 0. The Labute approximate surface area is 132 Å². The van der Waals surface area contributed by atoms with Crippen LogP contribution >= 0.6 is 0 Å². The number of anilines is 2. The minimum atomic E-state index is -0.409. The molecule has 114 valence electrons. The highest BCUT2D eigenvalue weighted by Gasteiger charge is 2.12. The molecule has 0 bridgehead atoms. The number of nitrogens with one attached hydrogen (secondary N) is 1. The van der Waals surface area contributed by atoms with Gasteiger partial charge in [-0.3, -0.25) is 9.59 Å². The second-order valence-electron chi connectivity index (χ2n) is 5.14. The van der Waals surface area contributed by atoms with Gasteiger partial charge in [0.15, 0.2) is 0 Å². The molecule has 0 spiro atoms. The Bertz CT molecular complexity index is 919. The molecule has 3 aromatic carbocycles. The minimum Gasteiger partial charge on any atom is -0.506 e. The number of hydrogen-bond acceptors (Lipinski definition) is 4. The van der Waals surface area contributed by atoms with Crippen molar-refractivity contribution in [3.63, 3.8) is 0 Å². The fraction of sp³-hybridized carbons (Fsp3) is 0. The van der Waals surface area contributed by atoms with E-state index in [9.17, 15) is 14.7 Å². The third kappa shape index (κ3) is 2.85. The van der Waals surface area contributed by atoms with Crippen molar-refractivity contribution in [1.82, 2.24) is 0 Å². The number of nitrogens with two attached hydrogens (primary N) is 1. The smallest absolute Gasteiger partial charge is 0.255 e. The minimum absolute atomic E-state index is 0.0397. The van der Waals surface area contributed by atoms with Crippen LogP contribution in [0.1, 0.15) is 20.7 Å². The fourth-order valence-electron chi connectivity index (χ4n) is 2.41. The molecule has 0 aliphatic rings. The molecule has 0 heterocycles. The lowest BCUT2D eigenvalue weighted by Gasteiger charge is -2.11. The predicted molar refractivity (Wildman–Crippen MR) is 89.8 cm³/mol. The Morgan fingerprint density at radius 2 is 1.91 bits per heavy atom. The lowest BCUT2D eigenvalue weighted by atomic mass is 10.1. The van der Waals surface area contributed by atoms with Crippen molar-refractivity contribution in [3.05, 3.63) is 65.7 Å². The summed E-state index contributed by atoms with van der Waals surface area (Å²) in [5, 5.41) is 14.3. The Kier molecular flexibility index (Phi) is 3.68. The second-order valence-corrected chi connectivity index (χ2v) is 5.14. The van der Waals surface area contributed by atoms with Crippen LogP contribution in [0.4, 0.5) is 11.4 Å². The first-order valence-electron chi connectivity index (χ1n) is 6.96. The molecule has 0 atom stereocenters. The van der Waals surface area contributed by atoms with Gasteiger partial charge < -0.3 is 16.2 Å². The molecule has 0 unspecified atom stereocenters. The summed E-state index contributed by atoms with van der Waals surface area (Å²) in [4.78, 5) is 23.2. The standard InChI is InChI=1S/C18H14N2O3/c19-14-5-6-15-12(9-14)4-7-16(22)17(15)20-18(23)13-3-1-2-11(8-13)10-21/h1-10,22H,19H2,(H,20,23). The molecule has 0 fully saturated rings. The zero-order chi connectivity index (χ0) is 16.4. The first kappa shape index (κ1) is 14.6. The van der Waals surface area contributed by atoms with Gasteiger partial charge in [0.05, 0.1) is 5.69 Å². The van der Waals surface area contributed by atoms with Gasteiger partial charge in [-0.15, -0.1) is 0 Å². The van der Waals surface area contributed by atoms with E-state index >= 15 is 0 Å². The summed E-state index contributed by atoms with van der Waals surface area (Å²) < 4.78 is 0. The lowest BCUT2D eigenvalue weighted by molar-refractivity contribution is 0.102. The van der Waals surface area contributed by atoms with E-state index in [1.54, 1.807) is 42.5 Å². The number of phenols is 1. The van der Waals surface area contributed by atoms with Gasteiger partial charge in [0.2, 0.25) is 0 Å². The molecule has 0 saturated heterocycles. The van der Waals surface area contributed by atoms with Crippen molar-refractivity contribution in [1.29, 1.82) is 0 Å². The highest BCUT2D eigenvalue weighted by atomic mass is 16.3. The molecule has 3 aromatic rings. The van der Waals surface area contributed by atoms with Crippen molar-refractivity contribution in [2.24, 2.45) is 0 Å². The van der Waals surface area contributed by atoms with E-state index in [0.717, 1.165) is 5.39 Å². The molecule has 5 heteroatoms. The molecule has 23 heavy (non-hydrogen) atoms. The number of nitrogen functional groups attached to an aromatic ring is 1. The number of benzene rings is 3. The van der Waals surface area contributed by atoms with Crippen molar-refractivity contribution < 1.29 is 14.7 Å². The number of phenolic OH excluding ortho intramolecular Hbond substituents is 1. The quantitative estimate of drug-likeness (QED) is 0.393. The maximum atomic E-state index is 12.4. The third-order valence-electron chi connectivity index (χ3n) is 3.55. The van der Waals surface area contributed by atoms with Crippen LogP contribution in [0.15, 0.2) is 54.6 Å². The average Bonchev–Trinajstić information content (AvgIpc) is 2.57. The first-order valence-corrected chi connectivity index (χ1v) is 6.96. The highest BCUT2D eigenvalue weighted by Crippen LogP contribution is 2.33. The molecule has 1 amide bonds. The van der Waals surface area contributed by atoms with E-state index in [1.165, 1.54) is 12.1 Å². The monoisotopic (exact) mass is 306 g/mol. The number of carbonyl (C=O) groups excluding carboxylic acids is 2. The Morgan fingerprint density at radius 3 is 2.70 bits per heavy atom. The molecule has 4 N–H and O–H groups in total. The highest BCUT2D eigenvalue weighted by molar-refractivity contribution is 6.11. The van der Waals surface area contributed by atoms with Crippen molar-refractivity contribution in [2.75, 3.05) is 11.1 Å². The molecule has 5 nitrogen and oxygen atoms in total. The van der Waals surface area contributed by atoms with Gasteiger partial charge in [-0.2, -0.15) is 0 Å². The normalized spacial score (nSPS) is 10.4. The summed E-state index contributed by atoms with van der Waals surface area (Å²) in [6, 6.07) is 14.8. The van der Waals surface area contributed by atoms with Gasteiger partial charge in [0.25, 0.3) is 5.91 Å². The first-order chi connectivity index (χ1) is 11.1. The maximum absolute atomic E-state index is 12.4. The molecule has 0 aliphatic heterocycles. The number of fused-ring (bicyclic) bond motifs is 1. The molecule has 0 aromatic heterocycles. The lowest BCUT2D eigenvalue weighted by Crippen LogP contribution is -2.12. The molecular weight excluding hydrogens is 292 g/mol. The van der Waals surface area contributed by atoms with Gasteiger partial charge in [-0.1, -0.05) is 24.3 Å². The van der Waals surface area contributed by atoms with E-state index in [-0.39, 0.29) is 5.75 Å². The second kappa shape index (κ2) is 5.81. The number of aromatic hydroxyl groups is 1. The molecular formula is C18H14N2O3. The Hall–Kier alpha value is -3.34. The summed E-state index contributed by atoms with van der Waals surface area (Å²) in [6.07, 6.45) is 0.676. The van der Waals surface area contributed by atoms with Gasteiger partial charge >= 0.3 is 0 Å². The van der Waals surface area contributed by atoms with Crippen LogP contribution in [0.2, 0.25) is 0 Å². The summed E-state index contributed by atoms with van der Waals surface area (Å²) in [6.45, 7) is 0. The zero-order valence-corrected chi connectivity index (χ0v) is 12.1. The molecule has 3 rings (SSSR count). The van der Waals surface area contributed by atoms with Gasteiger partial charge in [0, 0.05) is 22.2 Å². The fourth-order valence-corrected chi connectivity index (χ4v) is 2.41. The van der Waals surface area contributed by atoms with E-state index in [0.29, 0.717) is 34.2 Å². The Morgan fingerprint density at radius 1 is 1.09 bits per heavy atom. The van der Waals surface area contributed by atoms with Gasteiger partial charge in [0.1, 0.15) is 12.0 Å². The number of rotatable bonds is 3. The topological polar surface area (TPSA) is 92.4 Å². The number of carbonyl (C=O) groups is 2. The van der Waals surface area contributed by atoms with Crippen LogP contribution in [0.3, 0.4) is 0 Å². The Balaban J connectivity index is 2.02. The van der Waals surface area contributed by atoms with Crippen molar-refractivity contribution in [2.45, 2.75) is 0 Å². The number of hydrogen-bond donors (Lipinski definition) is 3. The summed E-state index contributed by atoms with van der Waals surface area (Å²) in [5.74, 6) is -0.449. The van der Waals surface area contributed by atoms with E-state index < -0.39 is 5.91 Å². The van der Waals surface area contributed by atoms with Gasteiger partial charge in [-0.05, 0) is 35.7 Å². The van der Waals surface area contributed by atoms with Crippen LogP contribution < -0.4 is 11.1 Å². The van der Waals surface area contributed by atoms with Crippen LogP contribution in [0.5, 0.6) is 5.75 Å². The van der Waals surface area contributed by atoms with E-state index in [1.807, 2.05) is 0 Å². The SMILES string of the molecule is Nc1ccc2c(NC(=O)c3cccc(C=O)c3)c(O)ccc2c1. The number of amides is 1. The average molecular weight is 306 g/mol. The number of aldehydes is 1. The van der Waals surface area contributed by atoms with Crippen LogP contribution in [0, 0.1) is 0 Å². The molecule has 0 radical (unpaired) electrons. The van der Waals surface area contributed by atoms with E-state index in [2.05, 4.69) is 5.32 Å². The van der Waals surface area contributed by atoms with Crippen LogP contribution in [-0.2, 0) is 0 Å². The van der Waals surface area contributed by atoms with E-state index in [4.69, 9.17) is 5.73 Å².